The normalized spacial score (nSPS) is 13.6. The fourth-order valence-corrected chi connectivity index (χ4v) is 1.24. The van der Waals surface area contributed by atoms with Gasteiger partial charge in [-0.3, -0.25) is 10.5 Å². The second-order valence-corrected chi connectivity index (χ2v) is 3.59. The Morgan fingerprint density at radius 1 is 1.29 bits per heavy atom. The van der Waals surface area contributed by atoms with Gasteiger partial charge in [0.25, 0.3) is 0 Å². The first kappa shape index (κ1) is 13.2. The Bertz CT molecular complexity index is 400. The van der Waals surface area contributed by atoms with E-state index in [1.165, 1.54) is 6.92 Å². The van der Waals surface area contributed by atoms with Crippen LogP contribution in [0.15, 0.2) is 30.3 Å². The second-order valence-electron chi connectivity index (χ2n) is 3.59. The van der Waals surface area contributed by atoms with Crippen LogP contribution in [0.4, 0.5) is 4.79 Å². The molecule has 0 saturated carbocycles. The molecule has 1 atom stereocenters. The van der Waals surface area contributed by atoms with E-state index in [0.717, 1.165) is 0 Å². The number of carbonyl (C=O) groups is 2. The maximum absolute atomic E-state index is 11.9. The number of benzene rings is 1. The lowest BCUT2D eigenvalue weighted by Gasteiger charge is -2.22. The lowest BCUT2D eigenvalue weighted by molar-refractivity contribution is -0.0112. The molecule has 0 aliphatic rings. The molecular formula is C12H15NO4. The molecule has 0 spiro atoms. The first-order valence-electron chi connectivity index (χ1n) is 5.22. The summed E-state index contributed by atoms with van der Waals surface area (Å²) in [5, 5.41) is 0. The molecule has 0 bridgehead atoms. The highest BCUT2D eigenvalue weighted by atomic mass is 16.7. The van der Waals surface area contributed by atoms with Gasteiger partial charge >= 0.3 is 6.16 Å². The van der Waals surface area contributed by atoms with Gasteiger partial charge in [0.1, 0.15) is 0 Å². The van der Waals surface area contributed by atoms with E-state index in [1.54, 1.807) is 37.3 Å². The molecule has 5 nitrogen and oxygen atoms in total. The molecule has 0 saturated heterocycles. The zero-order valence-electron chi connectivity index (χ0n) is 9.80. The molecule has 1 aromatic carbocycles. The predicted octanol–water partition coefficient (Wildman–Crippen LogP) is 1.72. The molecule has 0 aliphatic heterocycles. The molecule has 0 aliphatic carbocycles. The van der Waals surface area contributed by atoms with Crippen LogP contribution >= 0.6 is 0 Å². The second kappa shape index (κ2) is 5.45. The van der Waals surface area contributed by atoms with E-state index in [2.05, 4.69) is 4.74 Å². The largest absolute Gasteiger partial charge is 0.510 e. The summed E-state index contributed by atoms with van der Waals surface area (Å²) in [7, 11) is 0. The van der Waals surface area contributed by atoms with Crippen molar-refractivity contribution >= 4 is 11.9 Å². The van der Waals surface area contributed by atoms with Crippen molar-refractivity contribution in [2.45, 2.75) is 19.6 Å². The van der Waals surface area contributed by atoms with E-state index in [1.807, 2.05) is 0 Å². The third kappa shape index (κ3) is 3.57. The van der Waals surface area contributed by atoms with Crippen molar-refractivity contribution in [3.8, 4) is 0 Å². The van der Waals surface area contributed by atoms with Crippen molar-refractivity contribution in [2.75, 3.05) is 6.61 Å². The molecule has 17 heavy (non-hydrogen) atoms. The Hall–Kier alpha value is -1.88. The van der Waals surface area contributed by atoms with E-state index in [0.29, 0.717) is 5.56 Å². The van der Waals surface area contributed by atoms with Crippen LogP contribution in [0, 0.1) is 0 Å². The molecular weight excluding hydrogens is 222 g/mol. The Morgan fingerprint density at radius 2 is 1.88 bits per heavy atom. The highest BCUT2D eigenvalue weighted by molar-refractivity contribution is 6.02. The minimum absolute atomic E-state index is 0.161. The summed E-state index contributed by atoms with van der Waals surface area (Å²) in [4.78, 5) is 23.1. The van der Waals surface area contributed by atoms with Crippen LogP contribution in [0.5, 0.6) is 0 Å². The number of ether oxygens (including phenoxy) is 2. The molecule has 1 rings (SSSR count). The van der Waals surface area contributed by atoms with Gasteiger partial charge in [-0.15, -0.1) is 0 Å². The average molecular weight is 237 g/mol. The zero-order chi connectivity index (χ0) is 12.9. The minimum Gasteiger partial charge on any atom is -0.435 e. The van der Waals surface area contributed by atoms with Crippen molar-refractivity contribution in [3.05, 3.63) is 35.9 Å². The number of hydrogen-bond acceptors (Lipinski definition) is 5. The van der Waals surface area contributed by atoms with Crippen LogP contribution in [0.25, 0.3) is 0 Å². The zero-order valence-corrected chi connectivity index (χ0v) is 9.80. The SMILES string of the molecule is CCOC(=O)OC(C)(N)C(=O)c1ccccc1. The predicted molar refractivity (Wildman–Crippen MR) is 61.5 cm³/mol. The van der Waals surface area contributed by atoms with Gasteiger partial charge in [-0.25, -0.2) is 4.79 Å². The van der Waals surface area contributed by atoms with Crippen molar-refractivity contribution in [1.82, 2.24) is 0 Å². The standard InChI is InChI=1S/C12H15NO4/c1-3-16-11(15)17-12(2,13)10(14)9-7-5-4-6-8-9/h4-8H,3,13H2,1-2H3. The van der Waals surface area contributed by atoms with E-state index in [4.69, 9.17) is 10.5 Å². The van der Waals surface area contributed by atoms with Crippen molar-refractivity contribution in [3.63, 3.8) is 0 Å². The van der Waals surface area contributed by atoms with Gasteiger partial charge < -0.3 is 9.47 Å². The molecule has 5 heteroatoms. The molecule has 0 heterocycles. The van der Waals surface area contributed by atoms with E-state index >= 15 is 0 Å². The van der Waals surface area contributed by atoms with Crippen LogP contribution in [0.3, 0.4) is 0 Å². The number of nitrogens with two attached hydrogens (primary N) is 1. The fourth-order valence-electron chi connectivity index (χ4n) is 1.24. The highest BCUT2D eigenvalue weighted by Crippen LogP contribution is 2.13. The quantitative estimate of drug-likeness (QED) is 0.490. The van der Waals surface area contributed by atoms with Crippen LogP contribution < -0.4 is 5.73 Å². The van der Waals surface area contributed by atoms with Gasteiger partial charge in [0.2, 0.25) is 11.5 Å². The Labute approximate surface area is 99.5 Å². The first-order valence-corrected chi connectivity index (χ1v) is 5.22. The third-order valence-electron chi connectivity index (χ3n) is 2.04. The van der Waals surface area contributed by atoms with Crippen molar-refractivity contribution in [2.24, 2.45) is 5.73 Å². The third-order valence-corrected chi connectivity index (χ3v) is 2.04. The van der Waals surface area contributed by atoms with Gasteiger partial charge in [0.15, 0.2) is 0 Å². The van der Waals surface area contributed by atoms with Crippen molar-refractivity contribution in [1.29, 1.82) is 0 Å². The van der Waals surface area contributed by atoms with Gasteiger partial charge in [-0.1, -0.05) is 30.3 Å². The number of carbonyl (C=O) groups excluding carboxylic acids is 2. The van der Waals surface area contributed by atoms with Gasteiger partial charge in [0, 0.05) is 5.56 Å². The maximum Gasteiger partial charge on any atom is 0.510 e. The minimum atomic E-state index is -1.73. The van der Waals surface area contributed by atoms with Crippen LogP contribution in [0.2, 0.25) is 0 Å². The van der Waals surface area contributed by atoms with E-state index in [-0.39, 0.29) is 6.61 Å². The Kier molecular flexibility index (Phi) is 4.23. The van der Waals surface area contributed by atoms with Crippen LogP contribution in [0.1, 0.15) is 24.2 Å². The van der Waals surface area contributed by atoms with Gasteiger partial charge in [-0.2, -0.15) is 0 Å². The topological polar surface area (TPSA) is 78.6 Å². The lowest BCUT2D eigenvalue weighted by atomic mass is 10.0. The van der Waals surface area contributed by atoms with Gasteiger partial charge in [0.05, 0.1) is 6.61 Å². The molecule has 0 aromatic heterocycles. The van der Waals surface area contributed by atoms with E-state index < -0.39 is 17.7 Å². The Balaban J connectivity index is 2.77. The molecule has 1 aromatic rings. The number of Topliss-reactive ketones (excluding diaryl/α,β-unsaturated/α-hetero) is 1. The summed E-state index contributed by atoms with van der Waals surface area (Å²) in [5.74, 6) is -0.480. The Morgan fingerprint density at radius 3 is 2.41 bits per heavy atom. The van der Waals surface area contributed by atoms with Gasteiger partial charge in [-0.05, 0) is 13.8 Å². The van der Waals surface area contributed by atoms with E-state index in [9.17, 15) is 9.59 Å². The summed E-state index contributed by atoms with van der Waals surface area (Å²) in [6, 6.07) is 8.38. The first-order chi connectivity index (χ1) is 7.97. The molecule has 92 valence electrons. The van der Waals surface area contributed by atoms with Crippen LogP contribution in [-0.4, -0.2) is 24.3 Å². The molecule has 0 radical (unpaired) electrons. The van der Waals surface area contributed by atoms with Crippen LogP contribution in [-0.2, 0) is 9.47 Å². The molecule has 1 unspecified atom stereocenters. The number of hydrogen-bond donors (Lipinski definition) is 1. The molecule has 2 N–H and O–H groups in total. The average Bonchev–Trinajstić information content (AvgIpc) is 2.28. The monoisotopic (exact) mass is 237 g/mol. The molecule has 0 amide bonds. The number of ketones is 1. The maximum atomic E-state index is 11.9. The summed E-state index contributed by atoms with van der Waals surface area (Å²) in [6.45, 7) is 3.11. The number of rotatable bonds is 4. The van der Waals surface area contributed by atoms with Crippen molar-refractivity contribution < 1.29 is 19.1 Å². The lowest BCUT2D eigenvalue weighted by Crippen LogP contribution is -2.49. The summed E-state index contributed by atoms with van der Waals surface area (Å²) in [6.07, 6.45) is -0.957. The highest BCUT2D eigenvalue weighted by Gasteiger charge is 2.34. The summed E-state index contributed by atoms with van der Waals surface area (Å²) >= 11 is 0. The molecule has 0 fully saturated rings. The smallest absolute Gasteiger partial charge is 0.435 e. The summed E-state index contributed by atoms with van der Waals surface area (Å²) < 4.78 is 9.33. The summed E-state index contributed by atoms with van der Waals surface area (Å²) in [5.41, 5.74) is 4.30. The fraction of sp³-hybridized carbons (Fsp3) is 0.333.